The number of aromatic nitrogens is 1. The Morgan fingerprint density at radius 2 is 1.88 bits per heavy atom. The second kappa shape index (κ2) is 8.10. The monoisotopic (exact) mass is 368 g/mol. The van der Waals surface area contributed by atoms with Gasteiger partial charge >= 0.3 is 0 Å². The maximum atomic E-state index is 12.7. The Bertz CT molecular complexity index is 884. The number of nitrogens with one attached hydrogen (secondary N) is 1. The standard InChI is InChI=1S/C20H20N2O3S/c1-13-18(14(2)25-22-13)12-24-19-7-5-4-6-17(19)20(23)21-15-8-10-16(26-3)11-9-15/h4-11H,12H2,1-3H3,(H,21,23). The number of rotatable bonds is 6. The van der Waals surface area contributed by atoms with Gasteiger partial charge in [-0.05, 0) is 56.5 Å². The number of hydrogen-bond donors (Lipinski definition) is 1. The van der Waals surface area contributed by atoms with E-state index in [1.54, 1.807) is 23.9 Å². The van der Waals surface area contributed by atoms with Crippen LogP contribution in [0.4, 0.5) is 5.69 Å². The number of para-hydroxylation sites is 1. The number of carbonyl (C=O) groups is 1. The molecule has 0 spiro atoms. The average molecular weight is 368 g/mol. The summed E-state index contributed by atoms with van der Waals surface area (Å²) in [6.45, 7) is 4.01. The van der Waals surface area contributed by atoms with Crippen LogP contribution < -0.4 is 10.1 Å². The highest BCUT2D eigenvalue weighted by molar-refractivity contribution is 7.98. The summed E-state index contributed by atoms with van der Waals surface area (Å²) < 4.78 is 11.0. The normalized spacial score (nSPS) is 10.6. The van der Waals surface area contributed by atoms with Crippen LogP contribution in [-0.4, -0.2) is 17.3 Å². The molecule has 0 saturated carbocycles. The van der Waals surface area contributed by atoms with Crippen molar-refractivity contribution in [1.29, 1.82) is 0 Å². The number of benzene rings is 2. The number of nitrogens with zero attached hydrogens (tertiary/aromatic N) is 1. The van der Waals surface area contributed by atoms with Gasteiger partial charge in [-0.2, -0.15) is 0 Å². The molecular weight excluding hydrogens is 348 g/mol. The first-order valence-electron chi connectivity index (χ1n) is 8.17. The van der Waals surface area contributed by atoms with Gasteiger partial charge in [0.2, 0.25) is 0 Å². The maximum Gasteiger partial charge on any atom is 0.259 e. The molecule has 0 atom stereocenters. The highest BCUT2D eigenvalue weighted by Crippen LogP contribution is 2.23. The Balaban J connectivity index is 1.74. The summed E-state index contributed by atoms with van der Waals surface area (Å²) in [5, 5.41) is 6.83. The van der Waals surface area contributed by atoms with Crippen LogP contribution in [0.1, 0.15) is 27.4 Å². The van der Waals surface area contributed by atoms with E-state index in [-0.39, 0.29) is 5.91 Å². The molecule has 1 aromatic heterocycles. The van der Waals surface area contributed by atoms with Gasteiger partial charge in [0, 0.05) is 10.6 Å². The molecule has 3 rings (SSSR count). The zero-order valence-corrected chi connectivity index (χ0v) is 15.7. The van der Waals surface area contributed by atoms with Crippen LogP contribution in [0.2, 0.25) is 0 Å². The van der Waals surface area contributed by atoms with E-state index in [9.17, 15) is 4.79 Å². The second-order valence-electron chi connectivity index (χ2n) is 5.77. The molecule has 0 unspecified atom stereocenters. The van der Waals surface area contributed by atoms with Gasteiger partial charge in [0.05, 0.1) is 16.8 Å². The van der Waals surface area contributed by atoms with Crippen molar-refractivity contribution in [2.75, 3.05) is 11.6 Å². The van der Waals surface area contributed by atoms with E-state index in [1.165, 1.54) is 0 Å². The number of anilines is 1. The summed E-state index contributed by atoms with van der Waals surface area (Å²) in [6, 6.07) is 14.9. The first-order chi connectivity index (χ1) is 12.6. The molecule has 1 N–H and O–H groups in total. The lowest BCUT2D eigenvalue weighted by Crippen LogP contribution is -2.13. The van der Waals surface area contributed by atoms with Gasteiger partial charge in [-0.3, -0.25) is 4.79 Å². The molecule has 0 saturated heterocycles. The Hall–Kier alpha value is -2.73. The van der Waals surface area contributed by atoms with E-state index in [0.29, 0.717) is 17.9 Å². The molecule has 134 valence electrons. The molecule has 6 heteroatoms. The smallest absolute Gasteiger partial charge is 0.259 e. The summed E-state index contributed by atoms with van der Waals surface area (Å²) in [7, 11) is 0. The zero-order valence-electron chi connectivity index (χ0n) is 14.9. The maximum absolute atomic E-state index is 12.7. The number of hydrogen-bond acceptors (Lipinski definition) is 5. The van der Waals surface area contributed by atoms with E-state index in [2.05, 4.69) is 10.5 Å². The molecule has 2 aromatic carbocycles. The van der Waals surface area contributed by atoms with Crippen LogP contribution in [0, 0.1) is 13.8 Å². The Kier molecular flexibility index (Phi) is 5.63. The van der Waals surface area contributed by atoms with E-state index in [1.807, 2.05) is 56.5 Å². The van der Waals surface area contributed by atoms with Crippen LogP contribution >= 0.6 is 11.8 Å². The fourth-order valence-corrected chi connectivity index (χ4v) is 2.92. The van der Waals surface area contributed by atoms with Crippen LogP contribution in [0.5, 0.6) is 5.75 Å². The van der Waals surface area contributed by atoms with Gasteiger partial charge in [-0.1, -0.05) is 17.3 Å². The molecule has 5 nitrogen and oxygen atoms in total. The van der Waals surface area contributed by atoms with Crippen molar-refractivity contribution in [1.82, 2.24) is 5.16 Å². The molecular formula is C20H20N2O3S. The van der Waals surface area contributed by atoms with Crippen LogP contribution in [0.25, 0.3) is 0 Å². The minimum absolute atomic E-state index is 0.212. The third-order valence-electron chi connectivity index (χ3n) is 4.03. The van der Waals surface area contributed by atoms with Crippen molar-refractivity contribution in [2.45, 2.75) is 25.3 Å². The van der Waals surface area contributed by atoms with E-state index < -0.39 is 0 Å². The van der Waals surface area contributed by atoms with Crippen LogP contribution in [0.15, 0.2) is 57.9 Å². The largest absolute Gasteiger partial charge is 0.488 e. The van der Waals surface area contributed by atoms with Crippen molar-refractivity contribution in [3.63, 3.8) is 0 Å². The lowest BCUT2D eigenvalue weighted by atomic mass is 10.1. The summed E-state index contributed by atoms with van der Waals surface area (Å²) >= 11 is 1.66. The van der Waals surface area contributed by atoms with E-state index in [4.69, 9.17) is 9.26 Å². The summed E-state index contributed by atoms with van der Waals surface area (Å²) in [5.41, 5.74) is 2.91. The quantitative estimate of drug-likeness (QED) is 0.631. The fourth-order valence-electron chi connectivity index (χ4n) is 2.51. The minimum atomic E-state index is -0.212. The second-order valence-corrected chi connectivity index (χ2v) is 6.65. The van der Waals surface area contributed by atoms with Gasteiger partial charge in [0.15, 0.2) is 0 Å². The number of amides is 1. The number of thioether (sulfide) groups is 1. The number of aryl methyl sites for hydroxylation is 2. The molecule has 3 aromatic rings. The average Bonchev–Trinajstić information content (AvgIpc) is 2.98. The third-order valence-corrected chi connectivity index (χ3v) is 4.78. The molecule has 1 amide bonds. The summed E-state index contributed by atoms with van der Waals surface area (Å²) in [4.78, 5) is 13.8. The molecule has 0 bridgehead atoms. The molecule has 0 aliphatic carbocycles. The minimum Gasteiger partial charge on any atom is -0.488 e. The molecule has 1 heterocycles. The zero-order chi connectivity index (χ0) is 18.5. The summed E-state index contributed by atoms with van der Waals surface area (Å²) in [6.07, 6.45) is 2.01. The topological polar surface area (TPSA) is 64.4 Å². The van der Waals surface area contributed by atoms with Crippen molar-refractivity contribution in [3.8, 4) is 5.75 Å². The number of carbonyl (C=O) groups excluding carboxylic acids is 1. The predicted molar refractivity (Wildman–Crippen MR) is 103 cm³/mol. The SMILES string of the molecule is CSc1ccc(NC(=O)c2ccccc2OCc2c(C)noc2C)cc1. The van der Waals surface area contributed by atoms with E-state index in [0.717, 1.165) is 27.6 Å². The van der Waals surface area contributed by atoms with Crippen molar-refractivity contribution in [3.05, 3.63) is 71.1 Å². The van der Waals surface area contributed by atoms with Gasteiger partial charge in [0.1, 0.15) is 18.1 Å². The van der Waals surface area contributed by atoms with Crippen LogP contribution in [0.3, 0.4) is 0 Å². The van der Waals surface area contributed by atoms with Gasteiger partial charge in [0.25, 0.3) is 5.91 Å². The van der Waals surface area contributed by atoms with Crippen molar-refractivity contribution >= 4 is 23.4 Å². The van der Waals surface area contributed by atoms with Gasteiger partial charge < -0.3 is 14.6 Å². The molecule has 0 aliphatic heterocycles. The van der Waals surface area contributed by atoms with Crippen molar-refractivity contribution in [2.24, 2.45) is 0 Å². The highest BCUT2D eigenvalue weighted by Gasteiger charge is 2.15. The molecule has 0 aliphatic rings. The Morgan fingerprint density at radius 1 is 1.15 bits per heavy atom. The Labute approximate surface area is 156 Å². The van der Waals surface area contributed by atoms with Crippen molar-refractivity contribution < 1.29 is 14.1 Å². The fraction of sp³-hybridized carbons (Fsp3) is 0.200. The summed E-state index contributed by atoms with van der Waals surface area (Å²) in [5.74, 6) is 1.03. The van der Waals surface area contributed by atoms with Crippen LogP contribution in [-0.2, 0) is 6.61 Å². The molecule has 0 radical (unpaired) electrons. The molecule has 26 heavy (non-hydrogen) atoms. The highest BCUT2D eigenvalue weighted by atomic mass is 32.2. The Morgan fingerprint density at radius 3 is 2.54 bits per heavy atom. The van der Waals surface area contributed by atoms with Gasteiger partial charge in [-0.25, -0.2) is 0 Å². The van der Waals surface area contributed by atoms with E-state index >= 15 is 0 Å². The predicted octanol–water partition coefficient (Wildman–Crippen LogP) is 4.84. The lowest BCUT2D eigenvalue weighted by Gasteiger charge is -2.12. The van der Waals surface area contributed by atoms with Gasteiger partial charge in [-0.15, -0.1) is 11.8 Å². The molecule has 0 fully saturated rings. The third kappa shape index (κ3) is 4.08. The lowest BCUT2D eigenvalue weighted by molar-refractivity contribution is 0.102. The first kappa shape index (κ1) is 18.1. The first-order valence-corrected chi connectivity index (χ1v) is 9.40. The number of ether oxygens (including phenoxy) is 1.